The van der Waals surface area contributed by atoms with Crippen LogP contribution in [-0.4, -0.2) is 28.2 Å². The van der Waals surface area contributed by atoms with Gasteiger partial charge in [0.25, 0.3) is 0 Å². The average molecular weight is 300 g/mol. The minimum Gasteiger partial charge on any atom is -0.399 e. The fourth-order valence-corrected chi connectivity index (χ4v) is 3.06. The number of nitrogens with two attached hydrogens (primary N) is 1. The zero-order valence-corrected chi connectivity index (χ0v) is 13.0. The lowest BCUT2D eigenvalue weighted by Gasteiger charge is -2.10. The first-order chi connectivity index (χ1) is 9.47. The third kappa shape index (κ3) is 5.48. The van der Waals surface area contributed by atoms with Crippen molar-refractivity contribution in [3.63, 3.8) is 0 Å². The van der Waals surface area contributed by atoms with Crippen molar-refractivity contribution in [2.45, 2.75) is 38.0 Å². The van der Waals surface area contributed by atoms with Gasteiger partial charge in [0.05, 0.1) is 4.90 Å². The van der Waals surface area contributed by atoms with Crippen molar-refractivity contribution >= 4 is 15.7 Å². The van der Waals surface area contributed by atoms with E-state index in [0.717, 1.165) is 19.4 Å². The van der Waals surface area contributed by atoms with Gasteiger partial charge < -0.3 is 10.5 Å². The molecule has 1 aromatic rings. The fourth-order valence-electron chi connectivity index (χ4n) is 1.71. The molecule has 0 atom stereocenters. The molecule has 0 radical (unpaired) electrons. The third-order valence-electron chi connectivity index (χ3n) is 2.90. The first-order valence-electron chi connectivity index (χ1n) is 6.91. The summed E-state index contributed by atoms with van der Waals surface area (Å²) < 4.78 is 32.2. The lowest BCUT2D eigenvalue weighted by atomic mass is 10.2. The van der Waals surface area contributed by atoms with Gasteiger partial charge in [0.15, 0.2) is 0 Å². The number of ether oxygens (including phenoxy) is 1. The zero-order valence-electron chi connectivity index (χ0n) is 12.2. The van der Waals surface area contributed by atoms with Crippen molar-refractivity contribution in [3.05, 3.63) is 23.8 Å². The van der Waals surface area contributed by atoms with Crippen LogP contribution in [0.4, 0.5) is 5.69 Å². The van der Waals surface area contributed by atoms with Crippen LogP contribution in [-0.2, 0) is 14.8 Å². The molecule has 6 heteroatoms. The van der Waals surface area contributed by atoms with Crippen LogP contribution in [0.3, 0.4) is 0 Å². The summed E-state index contributed by atoms with van der Waals surface area (Å²) in [7, 11) is -3.50. The van der Waals surface area contributed by atoms with Gasteiger partial charge in [-0.3, -0.25) is 0 Å². The van der Waals surface area contributed by atoms with Crippen LogP contribution in [0.15, 0.2) is 23.1 Å². The minimum absolute atomic E-state index is 0.240. The number of benzene rings is 1. The van der Waals surface area contributed by atoms with E-state index in [2.05, 4.69) is 11.6 Å². The van der Waals surface area contributed by atoms with E-state index in [1.165, 1.54) is 6.07 Å². The monoisotopic (exact) mass is 300 g/mol. The van der Waals surface area contributed by atoms with Crippen molar-refractivity contribution in [2.24, 2.45) is 0 Å². The summed E-state index contributed by atoms with van der Waals surface area (Å²) in [5, 5.41) is 0. The van der Waals surface area contributed by atoms with Crippen molar-refractivity contribution in [3.8, 4) is 0 Å². The molecule has 1 rings (SSSR count). The largest absolute Gasteiger partial charge is 0.399 e. The molecule has 0 fully saturated rings. The topological polar surface area (TPSA) is 81.4 Å². The molecule has 0 bridgehead atoms. The Bertz CT molecular complexity index is 515. The second kappa shape index (κ2) is 8.24. The number of rotatable bonds is 9. The Morgan fingerprint density at radius 1 is 1.25 bits per heavy atom. The first-order valence-corrected chi connectivity index (χ1v) is 8.39. The number of anilines is 1. The van der Waals surface area contributed by atoms with Crippen LogP contribution in [0.25, 0.3) is 0 Å². The maximum absolute atomic E-state index is 12.1. The quantitative estimate of drug-likeness (QED) is 0.540. The van der Waals surface area contributed by atoms with E-state index in [1.807, 2.05) is 0 Å². The summed E-state index contributed by atoms with van der Waals surface area (Å²) in [4.78, 5) is 0.240. The average Bonchev–Trinajstić information content (AvgIpc) is 2.40. The molecule has 114 valence electrons. The molecule has 0 aliphatic carbocycles. The van der Waals surface area contributed by atoms with Crippen LogP contribution in [0.5, 0.6) is 0 Å². The first kappa shape index (κ1) is 16.9. The number of unbranched alkanes of at least 4 members (excludes halogenated alkanes) is 1. The molecule has 3 N–H and O–H groups in total. The molecule has 5 nitrogen and oxygen atoms in total. The highest BCUT2D eigenvalue weighted by atomic mass is 32.2. The van der Waals surface area contributed by atoms with Gasteiger partial charge in [-0.1, -0.05) is 19.4 Å². The number of hydrogen-bond donors (Lipinski definition) is 2. The zero-order chi connectivity index (χ0) is 15.0. The van der Waals surface area contributed by atoms with E-state index < -0.39 is 10.0 Å². The van der Waals surface area contributed by atoms with Crippen molar-refractivity contribution < 1.29 is 13.2 Å². The molecular weight excluding hydrogens is 276 g/mol. The van der Waals surface area contributed by atoms with E-state index in [9.17, 15) is 8.42 Å². The summed E-state index contributed by atoms with van der Waals surface area (Å²) in [5.74, 6) is 0. The Morgan fingerprint density at radius 3 is 2.65 bits per heavy atom. The van der Waals surface area contributed by atoms with Crippen molar-refractivity contribution in [1.29, 1.82) is 0 Å². The Hall–Kier alpha value is -1.11. The number of sulfonamides is 1. The smallest absolute Gasteiger partial charge is 0.240 e. The molecule has 0 aromatic heterocycles. The minimum atomic E-state index is -3.50. The van der Waals surface area contributed by atoms with Gasteiger partial charge in [-0.05, 0) is 37.5 Å². The number of aryl methyl sites for hydroxylation is 1. The van der Waals surface area contributed by atoms with Crippen molar-refractivity contribution in [1.82, 2.24) is 4.72 Å². The summed E-state index contributed by atoms with van der Waals surface area (Å²) in [5.41, 5.74) is 6.76. The molecule has 1 aromatic carbocycles. The Balaban J connectivity index is 2.44. The highest BCUT2D eigenvalue weighted by Gasteiger charge is 2.16. The Morgan fingerprint density at radius 2 is 1.95 bits per heavy atom. The van der Waals surface area contributed by atoms with E-state index >= 15 is 0 Å². The van der Waals surface area contributed by atoms with Gasteiger partial charge in [0, 0.05) is 25.4 Å². The maximum atomic E-state index is 12.1. The highest BCUT2D eigenvalue weighted by molar-refractivity contribution is 7.89. The second-order valence-electron chi connectivity index (χ2n) is 4.74. The van der Waals surface area contributed by atoms with E-state index in [0.29, 0.717) is 30.8 Å². The standard InChI is InChI=1S/C14H24N2O3S/c1-3-4-9-19-10-5-8-16-20(17,18)14-11-13(15)7-6-12(14)2/h6-7,11,16H,3-5,8-10,15H2,1-2H3. The van der Waals surface area contributed by atoms with Crippen molar-refractivity contribution in [2.75, 3.05) is 25.5 Å². The molecule has 0 aliphatic rings. The lowest BCUT2D eigenvalue weighted by molar-refractivity contribution is 0.130. The second-order valence-corrected chi connectivity index (χ2v) is 6.48. The van der Waals surface area contributed by atoms with Crippen LogP contribution >= 0.6 is 0 Å². The molecule has 0 saturated heterocycles. The predicted molar refractivity (Wildman–Crippen MR) is 81.1 cm³/mol. The van der Waals surface area contributed by atoms with Crippen LogP contribution in [0.2, 0.25) is 0 Å². The molecule has 0 heterocycles. The predicted octanol–water partition coefficient (Wildman–Crippen LogP) is 2.06. The van der Waals surface area contributed by atoms with Crippen LogP contribution in [0.1, 0.15) is 31.7 Å². The van der Waals surface area contributed by atoms with Crippen LogP contribution < -0.4 is 10.5 Å². The summed E-state index contributed by atoms with van der Waals surface area (Å²) >= 11 is 0. The van der Waals surface area contributed by atoms with Gasteiger partial charge in [0.2, 0.25) is 10.0 Å². The van der Waals surface area contributed by atoms with E-state index in [1.54, 1.807) is 19.1 Å². The summed E-state index contributed by atoms with van der Waals surface area (Å²) in [6.07, 6.45) is 2.79. The third-order valence-corrected chi connectivity index (χ3v) is 4.50. The van der Waals surface area contributed by atoms with Gasteiger partial charge in [-0.15, -0.1) is 0 Å². The highest BCUT2D eigenvalue weighted by Crippen LogP contribution is 2.17. The van der Waals surface area contributed by atoms with E-state index in [-0.39, 0.29) is 4.90 Å². The molecular formula is C14H24N2O3S. The molecule has 20 heavy (non-hydrogen) atoms. The van der Waals surface area contributed by atoms with E-state index in [4.69, 9.17) is 10.5 Å². The van der Waals surface area contributed by atoms with Gasteiger partial charge in [-0.25, -0.2) is 13.1 Å². The summed E-state index contributed by atoms with van der Waals surface area (Å²) in [6.45, 7) is 5.52. The molecule has 0 amide bonds. The maximum Gasteiger partial charge on any atom is 0.240 e. The SMILES string of the molecule is CCCCOCCCNS(=O)(=O)c1cc(N)ccc1C. The number of hydrogen-bond acceptors (Lipinski definition) is 4. The van der Waals surface area contributed by atoms with Crippen LogP contribution in [0, 0.1) is 6.92 Å². The Kier molecular flexibility index (Phi) is 6.98. The summed E-state index contributed by atoms with van der Waals surface area (Å²) in [6, 6.07) is 4.88. The number of nitrogen functional groups attached to an aromatic ring is 1. The normalized spacial score (nSPS) is 11.7. The van der Waals surface area contributed by atoms with Gasteiger partial charge >= 0.3 is 0 Å². The van der Waals surface area contributed by atoms with Gasteiger partial charge in [0.1, 0.15) is 0 Å². The lowest BCUT2D eigenvalue weighted by Crippen LogP contribution is -2.26. The molecule has 0 unspecified atom stereocenters. The molecule has 0 spiro atoms. The fraction of sp³-hybridized carbons (Fsp3) is 0.571. The molecule has 0 aliphatic heterocycles. The Labute approximate surface area is 121 Å². The number of nitrogens with one attached hydrogen (secondary N) is 1. The van der Waals surface area contributed by atoms with Gasteiger partial charge in [-0.2, -0.15) is 0 Å². The molecule has 0 saturated carbocycles.